The Morgan fingerprint density at radius 2 is 2.00 bits per heavy atom. The van der Waals surface area contributed by atoms with Crippen molar-refractivity contribution >= 4 is 10.2 Å². The SMILES string of the molecule is CCC1(CCS(=O)(=O)F)CCC1. The molecule has 0 atom stereocenters. The van der Waals surface area contributed by atoms with Crippen LogP contribution in [0.1, 0.15) is 39.0 Å². The van der Waals surface area contributed by atoms with E-state index >= 15 is 0 Å². The van der Waals surface area contributed by atoms with E-state index in [1.165, 1.54) is 6.42 Å². The average Bonchev–Trinajstić information content (AvgIpc) is 1.84. The van der Waals surface area contributed by atoms with Gasteiger partial charge in [-0.25, -0.2) is 0 Å². The smallest absolute Gasteiger partial charge is 0.195 e. The van der Waals surface area contributed by atoms with Crippen molar-refractivity contribution in [2.75, 3.05) is 5.75 Å². The fraction of sp³-hybridized carbons (Fsp3) is 1.00. The molecule has 0 radical (unpaired) electrons. The van der Waals surface area contributed by atoms with Crippen LogP contribution < -0.4 is 0 Å². The van der Waals surface area contributed by atoms with Gasteiger partial charge in [0.05, 0.1) is 5.75 Å². The van der Waals surface area contributed by atoms with Gasteiger partial charge in [-0.2, -0.15) is 8.42 Å². The molecule has 0 aromatic rings. The maximum atomic E-state index is 12.2. The summed E-state index contributed by atoms with van der Waals surface area (Å²) in [6, 6.07) is 0. The van der Waals surface area contributed by atoms with Crippen LogP contribution in [-0.4, -0.2) is 14.2 Å². The summed E-state index contributed by atoms with van der Waals surface area (Å²) in [5.41, 5.74) is 0.152. The number of halogens is 1. The third-order valence-corrected chi connectivity index (χ3v) is 3.73. The molecule has 2 nitrogen and oxygen atoms in total. The molecule has 0 aliphatic heterocycles. The summed E-state index contributed by atoms with van der Waals surface area (Å²) in [5, 5.41) is 0. The van der Waals surface area contributed by atoms with Crippen LogP contribution in [0.15, 0.2) is 0 Å². The van der Waals surface area contributed by atoms with Crippen molar-refractivity contribution in [2.45, 2.75) is 39.0 Å². The minimum atomic E-state index is -4.24. The van der Waals surface area contributed by atoms with E-state index in [1.54, 1.807) is 0 Å². The van der Waals surface area contributed by atoms with Crippen LogP contribution in [0.25, 0.3) is 0 Å². The van der Waals surface area contributed by atoms with Crippen LogP contribution in [0, 0.1) is 5.41 Å². The first-order chi connectivity index (χ1) is 5.47. The second-order valence-corrected chi connectivity index (χ2v) is 5.19. The molecule has 1 aliphatic carbocycles. The molecule has 1 aliphatic rings. The van der Waals surface area contributed by atoms with Crippen molar-refractivity contribution in [1.82, 2.24) is 0 Å². The Balaban J connectivity index is 2.40. The fourth-order valence-corrected chi connectivity index (χ4v) is 2.47. The zero-order chi connectivity index (χ0) is 9.24. The topological polar surface area (TPSA) is 34.1 Å². The minimum absolute atomic E-state index is 0.152. The summed E-state index contributed by atoms with van der Waals surface area (Å²) in [5.74, 6) is -0.291. The van der Waals surface area contributed by atoms with E-state index < -0.39 is 10.2 Å². The molecule has 1 fully saturated rings. The van der Waals surface area contributed by atoms with E-state index in [4.69, 9.17) is 0 Å². The van der Waals surface area contributed by atoms with Crippen molar-refractivity contribution in [3.8, 4) is 0 Å². The van der Waals surface area contributed by atoms with Crippen LogP contribution >= 0.6 is 0 Å². The molecule has 1 rings (SSSR count). The standard InChI is InChI=1S/C8H15FO2S/c1-2-8(4-3-5-8)6-7-12(9,10)11/h2-7H2,1H3. The molecule has 0 aromatic heterocycles. The molecule has 0 saturated heterocycles. The third-order valence-electron chi connectivity index (χ3n) is 3.04. The quantitative estimate of drug-likeness (QED) is 0.643. The van der Waals surface area contributed by atoms with Crippen LogP contribution in [0.3, 0.4) is 0 Å². The lowest BCUT2D eigenvalue weighted by Gasteiger charge is -2.41. The lowest BCUT2D eigenvalue weighted by molar-refractivity contribution is 0.122. The van der Waals surface area contributed by atoms with Gasteiger partial charge < -0.3 is 0 Å². The normalized spacial score (nSPS) is 21.8. The monoisotopic (exact) mass is 194 g/mol. The van der Waals surface area contributed by atoms with Crippen LogP contribution in [-0.2, 0) is 10.2 Å². The summed E-state index contributed by atoms with van der Waals surface area (Å²) >= 11 is 0. The highest BCUT2D eigenvalue weighted by Gasteiger charge is 2.35. The van der Waals surface area contributed by atoms with Gasteiger partial charge in [0.25, 0.3) is 0 Å². The molecule has 0 unspecified atom stereocenters. The van der Waals surface area contributed by atoms with E-state index in [2.05, 4.69) is 0 Å². The molecule has 0 heterocycles. The van der Waals surface area contributed by atoms with Gasteiger partial charge in [0.15, 0.2) is 0 Å². The largest absolute Gasteiger partial charge is 0.302 e. The number of rotatable bonds is 4. The van der Waals surface area contributed by atoms with Gasteiger partial charge in [-0.1, -0.05) is 19.8 Å². The van der Waals surface area contributed by atoms with Crippen LogP contribution in [0.5, 0.6) is 0 Å². The molecule has 0 spiro atoms. The third kappa shape index (κ3) is 2.44. The minimum Gasteiger partial charge on any atom is -0.195 e. The van der Waals surface area contributed by atoms with Crippen molar-refractivity contribution < 1.29 is 12.3 Å². The Morgan fingerprint density at radius 1 is 1.42 bits per heavy atom. The van der Waals surface area contributed by atoms with E-state index in [1.807, 2.05) is 6.92 Å². The van der Waals surface area contributed by atoms with Gasteiger partial charge in [-0.3, -0.25) is 0 Å². The van der Waals surface area contributed by atoms with Gasteiger partial charge in [-0.05, 0) is 24.7 Å². The molecule has 0 N–H and O–H groups in total. The highest BCUT2D eigenvalue weighted by atomic mass is 32.3. The second-order valence-electron chi connectivity index (χ2n) is 3.70. The van der Waals surface area contributed by atoms with Crippen LogP contribution in [0.4, 0.5) is 3.89 Å². The first-order valence-corrected chi connectivity index (χ1v) is 5.95. The molecule has 0 amide bonds. The van der Waals surface area contributed by atoms with Gasteiger partial charge in [0, 0.05) is 0 Å². The molecule has 0 aromatic carbocycles. The zero-order valence-electron chi connectivity index (χ0n) is 7.35. The van der Waals surface area contributed by atoms with Crippen molar-refractivity contribution in [2.24, 2.45) is 5.41 Å². The number of hydrogen-bond donors (Lipinski definition) is 0. The van der Waals surface area contributed by atoms with Gasteiger partial charge in [0.2, 0.25) is 0 Å². The fourth-order valence-electron chi connectivity index (χ4n) is 1.80. The van der Waals surface area contributed by atoms with Gasteiger partial charge in [0.1, 0.15) is 0 Å². The molecule has 0 bridgehead atoms. The Morgan fingerprint density at radius 3 is 2.25 bits per heavy atom. The van der Waals surface area contributed by atoms with Crippen molar-refractivity contribution in [3.05, 3.63) is 0 Å². The Bertz CT molecular complexity index is 236. The molecule has 1 saturated carbocycles. The van der Waals surface area contributed by atoms with E-state index in [9.17, 15) is 12.3 Å². The lowest BCUT2D eigenvalue weighted by Crippen LogP contribution is -2.30. The second kappa shape index (κ2) is 3.32. The predicted octanol–water partition coefficient (Wildman–Crippen LogP) is 2.26. The Hall–Kier alpha value is -0.120. The summed E-state index contributed by atoms with van der Waals surface area (Å²) in [4.78, 5) is 0. The highest BCUT2D eigenvalue weighted by molar-refractivity contribution is 7.86. The highest BCUT2D eigenvalue weighted by Crippen LogP contribution is 2.46. The van der Waals surface area contributed by atoms with Crippen LogP contribution in [0.2, 0.25) is 0 Å². The van der Waals surface area contributed by atoms with Gasteiger partial charge >= 0.3 is 10.2 Å². The van der Waals surface area contributed by atoms with Gasteiger partial charge in [-0.15, -0.1) is 3.89 Å². The molecular formula is C8H15FO2S. The van der Waals surface area contributed by atoms with E-state index in [0.29, 0.717) is 6.42 Å². The Kier molecular flexibility index (Phi) is 2.76. The Labute approximate surface area is 73.4 Å². The molecule has 72 valence electrons. The summed E-state index contributed by atoms with van der Waals surface area (Å²) in [7, 11) is -4.24. The van der Waals surface area contributed by atoms with Crippen molar-refractivity contribution in [1.29, 1.82) is 0 Å². The number of hydrogen-bond acceptors (Lipinski definition) is 2. The lowest BCUT2D eigenvalue weighted by atomic mass is 9.65. The summed E-state index contributed by atoms with van der Waals surface area (Å²) < 4.78 is 32.7. The predicted molar refractivity (Wildman–Crippen MR) is 46.1 cm³/mol. The first kappa shape index (κ1) is 9.96. The summed E-state index contributed by atoms with van der Waals surface area (Å²) in [6.07, 6.45) is 4.78. The maximum absolute atomic E-state index is 12.2. The van der Waals surface area contributed by atoms with E-state index in [0.717, 1.165) is 19.3 Å². The molecule has 12 heavy (non-hydrogen) atoms. The van der Waals surface area contributed by atoms with E-state index in [-0.39, 0.29) is 11.2 Å². The first-order valence-electron chi connectivity index (χ1n) is 4.40. The average molecular weight is 194 g/mol. The molecule has 4 heteroatoms. The summed E-state index contributed by atoms with van der Waals surface area (Å²) in [6.45, 7) is 2.05. The zero-order valence-corrected chi connectivity index (χ0v) is 8.16. The van der Waals surface area contributed by atoms with Crippen molar-refractivity contribution in [3.63, 3.8) is 0 Å². The molecular weight excluding hydrogens is 179 g/mol. The maximum Gasteiger partial charge on any atom is 0.302 e.